The van der Waals surface area contributed by atoms with Gasteiger partial charge in [0.1, 0.15) is 12.7 Å². The molecular weight excluding hydrogens is 214 g/mol. The van der Waals surface area contributed by atoms with Crippen LogP contribution in [0.4, 0.5) is 0 Å². The van der Waals surface area contributed by atoms with E-state index < -0.39 is 0 Å². The molecule has 0 saturated heterocycles. The van der Waals surface area contributed by atoms with Crippen molar-refractivity contribution < 1.29 is 0 Å². The molecule has 0 aliphatic rings. The van der Waals surface area contributed by atoms with Crippen LogP contribution >= 0.6 is 0 Å². The van der Waals surface area contributed by atoms with Gasteiger partial charge in [-0.2, -0.15) is 5.10 Å². The fourth-order valence-electron chi connectivity index (χ4n) is 1.66. The van der Waals surface area contributed by atoms with E-state index in [4.69, 9.17) is 0 Å². The van der Waals surface area contributed by atoms with Crippen molar-refractivity contribution in [3.8, 4) is 5.69 Å². The summed E-state index contributed by atoms with van der Waals surface area (Å²) in [5.74, 6) is 0. The second kappa shape index (κ2) is 5.54. The normalized spacial score (nSPS) is 10.7. The van der Waals surface area contributed by atoms with Crippen LogP contribution < -0.4 is 5.32 Å². The Morgan fingerprint density at radius 1 is 1.41 bits per heavy atom. The highest BCUT2D eigenvalue weighted by molar-refractivity contribution is 5.39. The number of aryl methyl sites for hydroxylation is 1. The van der Waals surface area contributed by atoms with Gasteiger partial charge < -0.3 is 5.32 Å². The summed E-state index contributed by atoms with van der Waals surface area (Å²) in [5, 5.41) is 7.54. The summed E-state index contributed by atoms with van der Waals surface area (Å²) in [6.45, 7) is 5.93. The minimum absolute atomic E-state index is 0.802. The summed E-state index contributed by atoms with van der Waals surface area (Å²) >= 11 is 0. The number of aromatic nitrogens is 4. The van der Waals surface area contributed by atoms with E-state index >= 15 is 0 Å². The number of nitrogens with one attached hydrogen (secondary N) is 1. The molecule has 0 aliphatic heterocycles. The Kier molecular flexibility index (Phi) is 3.82. The van der Waals surface area contributed by atoms with E-state index in [-0.39, 0.29) is 0 Å². The third-order valence-corrected chi connectivity index (χ3v) is 2.51. The van der Waals surface area contributed by atoms with Crippen LogP contribution in [-0.4, -0.2) is 26.3 Å². The number of hydrogen-bond donors (Lipinski definition) is 1. The van der Waals surface area contributed by atoms with Crippen molar-refractivity contribution in [1.82, 2.24) is 25.1 Å². The van der Waals surface area contributed by atoms with Gasteiger partial charge in [-0.1, -0.05) is 6.92 Å². The lowest BCUT2D eigenvalue weighted by atomic mass is 10.2. The Labute approximate surface area is 101 Å². The molecule has 0 aliphatic carbocycles. The van der Waals surface area contributed by atoms with Crippen LogP contribution in [0.2, 0.25) is 0 Å². The summed E-state index contributed by atoms with van der Waals surface area (Å²) in [6, 6.07) is 2.03. The zero-order chi connectivity index (χ0) is 12.1. The topological polar surface area (TPSA) is 55.6 Å². The lowest BCUT2D eigenvalue weighted by molar-refractivity contribution is 0.668. The second-order valence-corrected chi connectivity index (χ2v) is 3.97. The molecule has 0 fully saturated rings. The van der Waals surface area contributed by atoms with Gasteiger partial charge in [0.25, 0.3) is 0 Å². The van der Waals surface area contributed by atoms with Crippen LogP contribution in [0, 0.1) is 6.92 Å². The average Bonchev–Trinajstić information content (AvgIpc) is 2.85. The first kappa shape index (κ1) is 11.7. The van der Waals surface area contributed by atoms with E-state index in [1.807, 2.05) is 19.2 Å². The second-order valence-electron chi connectivity index (χ2n) is 3.97. The maximum Gasteiger partial charge on any atom is 0.138 e. The highest BCUT2D eigenvalue weighted by Crippen LogP contribution is 2.13. The minimum Gasteiger partial charge on any atom is -0.313 e. The fourth-order valence-corrected chi connectivity index (χ4v) is 1.66. The molecule has 17 heavy (non-hydrogen) atoms. The van der Waals surface area contributed by atoms with Gasteiger partial charge in [0.05, 0.1) is 5.69 Å². The quantitative estimate of drug-likeness (QED) is 0.792. The summed E-state index contributed by atoms with van der Waals surface area (Å²) in [5.41, 5.74) is 3.16. The predicted molar refractivity (Wildman–Crippen MR) is 65.9 cm³/mol. The van der Waals surface area contributed by atoms with Crippen molar-refractivity contribution in [2.45, 2.75) is 26.8 Å². The molecule has 0 amide bonds. The zero-order valence-corrected chi connectivity index (χ0v) is 10.2. The summed E-state index contributed by atoms with van der Waals surface area (Å²) < 4.78 is 1.78. The van der Waals surface area contributed by atoms with Crippen LogP contribution in [0.5, 0.6) is 0 Å². The van der Waals surface area contributed by atoms with Crippen molar-refractivity contribution in [3.05, 3.63) is 36.2 Å². The molecule has 0 spiro atoms. The van der Waals surface area contributed by atoms with Crippen LogP contribution in [0.25, 0.3) is 5.69 Å². The predicted octanol–water partition coefficient (Wildman–Crippen LogP) is 1.47. The van der Waals surface area contributed by atoms with Crippen LogP contribution in [0.3, 0.4) is 0 Å². The molecule has 2 aromatic rings. The van der Waals surface area contributed by atoms with Crippen molar-refractivity contribution in [2.75, 3.05) is 6.54 Å². The molecular formula is C12H17N5. The molecule has 0 unspecified atom stereocenters. The SMILES string of the molecule is CCCNCc1cnc(C)cc1-n1cncn1. The molecule has 2 heterocycles. The molecule has 5 nitrogen and oxygen atoms in total. The molecule has 5 heteroatoms. The molecule has 0 radical (unpaired) electrons. The van der Waals surface area contributed by atoms with E-state index in [9.17, 15) is 0 Å². The van der Waals surface area contributed by atoms with Gasteiger partial charge in [0.2, 0.25) is 0 Å². The van der Waals surface area contributed by atoms with Gasteiger partial charge in [-0.25, -0.2) is 9.67 Å². The number of nitrogens with zero attached hydrogens (tertiary/aromatic N) is 4. The molecule has 1 N–H and O–H groups in total. The van der Waals surface area contributed by atoms with E-state index in [0.29, 0.717) is 0 Å². The molecule has 0 atom stereocenters. The largest absolute Gasteiger partial charge is 0.313 e. The Balaban J connectivity index is 2.25. The first-order chi connectivity index (χ1) is 8.31. The summed E-state index contributed by atoms with van der Waals surface area (Å²) in [7, 11) is 0. The highest BCUT2D eigenvalue weighted by atomic mass is 15.3. The Morgan fingerprint density at radius 2 is 2.29 bits per heavy atom. The zero-order valence-electron chi connectivity index (χ0n) is 10.2. The highest BCUT2D eigenvalue weighted by Gasteiger charge is 2.06. The lowest BCUT2D eigenvalue weighted by Crippen LogP contribution is -2.16. The molecule has 2 aromatic heterocycles. The molecule has 0 aromatic carbocycles. The first-order valence-corrected chi connectivity index (χ1v) is 5.82. The maximum atomic E-state index is 4.33. The van der Waals surface area contributed by atoms with Crippen molar-refractivity contribution in [3.63, 3.8) is 0 Å². The number of hydrogen-bond acceptors (Lipinski definition) is 4. The van der Waals surface area contributed by atoms with Gasteiger partial charge in [-0.3, -0.25) is 4.98 Å². The third-order valence-electron chi connectivity index (χ3n) is 2.51. The van der Waals surface area contributed by atoms with Gasteiger partial charge >= 0.3 is 0 Å². The Hall–Kier alpha value is -1.75. The number of rotatable bonds is 5. The van der Waals surface area contributed by atoms with E-state index in [1.54, 1.807) is 17.3 Å². The van der Waals surface area contributed by atoms with E-state index in [2.05, 4.69) is 27.3 Å². The van der Waals surface area contributed by atoms with Crippen molar-refractivity contribution >= 4 is 0 Å². The smallest absolute Gasteiger partial charge is 0.138 e. The first-order valence-electron chi connectivity index (χ1n) is 5.82. The average molecular weight is 231 g/mol. The van der Waals surface area contributed by atoms with Crippen LogP contribution in [0.1, 0.15) is 24.6 Å². The van der Waals surface area contributed by atoms with Gasteiger partial charge in [-0.05, 0) is 26.0 Å². The van der Waals surface area contributed by atoms with Crippen molar-refractivity contribution in [2.24, 2.45) is 0 Å². The Bertz CT molecular complexity index is 464. The molecule has 0 bridgehead atoms. The van der Waals surface area contributed by atoms with Gasteiger partial charge in [0.15, 0.2) is 0 Å². The Morgan fingerprint density at radius 3 is 3.00 bits per heavy atom. The van der Waals surface area contributed by atoms with Crippen molar-refractivity contribution in [1.29, 1.82) is 0 Å². The monoisotopic (exact) mass is 231 g/mol. The van der Waals surface area contributed by atoms with Crippen LogP contribution in [0.15, 0.2) is 24.9 Å². The molecule has 2 rings (SSSR count). The summed E-state index contributed by atoms with van der Waals surface area (Å²) in [4.78, 5) is 8.30. The third kappa shape index (κ3) is 2.88. The molecule has 90 valence electrons. The van der Waals surface area contributed by atoms with E-state index in [1.165, 1.54) is 0 Å². The maximum absolute atomic E-state index is 4.33. The van der Waals surface area contributed by atoms with Gasteiger partial charge in [0, 0.05) is 24.0 Å². The lowest BCUT2D eigenvalue weighted by Gasteiger charge is -2.10. The standard InChI is InChI=1S/C12H17N5/c1-3-4-13-6-11-7-15-10(2)5-12(11)17-9-14-8-16-17/h5,7-9,13H,3-4,6H2,1-2H3. The van der Waals surface area contributed by atoms with Gasteiger partial charge in [-0.15, -0.1) is 0 Å². The number of pyridine rings is 1. The summed E-state index contributed by atoms with van der Waals surface area (Å²) in [6.07, 6.45) is 6.27. The van der Waals surface area contributed by atoms with Crippen LogP contribution in [-0.2, 0) is 6.54 Å². The fraction of sp³-hybridized carbons (Fsp3) is 0.417. The molecule has 0 saturated carbocycles. The minimum atomic E-state index is 0.802. The van der Waals surface area contributed by atoms with E-state index in [0.717, 1.165) is 36.5 Å².